The first kappa shape index (κ1) is 16.0. The molecule has 0 fully saturated rings. The van der Waals surface area contributed by atoms with E-state index < -0.39 is 12.0 Å². The summed E-state index contributed by atoms with van der Waals surface area (Å²) < 4.78 is 0. The van der Waals surface area contributed by atoms with Crippen LogP contribution in [0.25, 0.3) is 0 Å². The van der Waals surface area contributed by atoms with E-state index in [-0.39, 0.29) is 17.7 Å². The summed E-state index contributed by atoms with van der Waals surface area (Å²) in [5.41, 5.74) is 9.43. The van der Waals surface area contributed by atoms with E-state index in [9.17, 15) is 9.59 Å². The number of aliphatic carboxylic acids is 1. The van der Waals surface area contributed by atoms with Gasteiger partial charge in [-0.2, -0.15) is 0 Å². The van der Waals surface area contributed by atoms with Gasteiger partial charge in [-0.1, -0.05) is 26.0 Å². The second kappa shape index (κ2) is 5.64. The second-order valence-electron chi connectivity index (χ2n) is 7.34. The van der Waals surface area contributed by atoms with Crippen molar-refractivity contribution in [2.75, 3.05) is 11.4 Å². The normalized spacial score (nSPS) is 23.1. The lowest BCUT2D eigenvalue weighted by atomic mass is 9.66. The molecule has 124 valence electrons. The van der Waals surface area contributed by atoms with Crippen molar-refractivity contribution >= 4 is 17.6 Å². The molecule has 1 unspecified atom stereocenters. The number of carbonyl (C=O) groups is 2. The molecule has 3 rings (SSSR count). The molecule has 23 heavy (non-hydrogen) atoms. The van der Waals surface area contributed by atoms with Gasteiger partial charge in [0, 0.05) is 12.2 Å². The van der Waals surface area contributed by atoms with Gasteiger partial charge in [0.15, 0.2) is 0 Å². The third kappa shape index (κ3) is 2.74. The molecule has 0 bridgehead atoms. The SMILES string of the molecule is CC1(C)CCC2CCN(C(=O)[C@@H](N)CC(=O)O)c3cccc1c32. The highest BCUT2D eigenvalue weighted by Gasteiger charge is 2.39. The lowest BCUT2D eigenvalue weighted by molar-refractivity contribution is -0.139. The minimum Gasteiger partial charge on any atom is -0.481 e. The summed E-state index contributed by atoms with van der Waals surface area (Å²) in [5.74, 6) is -0.839. The lowest BCUT2D eigenvalue weighted by Gasteiger charge is -2.44. The fourth-order valence-corrected chi connectivity index (χ4v) is 4.02. The number of nitrogens with zero attached hydrogens (tertiary/aromatic N) is 1. The van der Waals surface area contributed by atoms with Gasteiger partial charge in [-0.15, -0.1) is 0 Å². The summed E-state index contributed by atoms with van der Waals surface area (Å²) in [6.45, 7) is 5.11. The Morgan fingerprint density at radius 3 is 2.83 bits per heavy atom. The molecule has 0 saturated heterocycles. The summed E-state index contributed by atoms with van der Waals surface area (Å²) >= 11 is 0. The van der Waals surface area contributed by atoms with Gasteiger partial charge in [-0.25, -0.2) is 0 Å². The van der Waals surface area contributed by atoms with Crippen LogP contribution in [0, 0.1) is 0 Å². The van der Waals surface area contributed by atoms with Gasteiger partial charge in [0.1, 0.15) is 0 Å². The van der Waals surface area contributed by atoms with Gasteiger partial charge in [0.25, 0.3) is 0 Å². The topological polar surface area (TPSA) is 83.6 Å². The number of benzene rings is 1. The molecule has 1 amide bonds. The minimum absolute atomic E-state index is 0.108. The summed E-state index contributed by atoms with van der Waals surface area (Å²) in [5, 5.41) is 8.88. The van der Waals surface area contributed by atoms with E-state index in [0.29, 0.717) is 12.5 Å². The maximum atomic E-state index is 12.6. The number of nitrogens with two attached hydrogens (primary N) is 1. The average molecular weight is 316 g/mol. The first-order valence-corrected chi connectivity index (χ1v) is 8.23. The van der Waals surface area contributed by atoms with Crippen molar-refractivity contribution in [2.45, 2.75) is 56.9 Å². The largest absolute Gasteiger partial charge is 0.481 e. The van der Waals surface area contributed by atoms with Crippen LogP contribution in [0.4, 0.5) is 5.69 Å². The minimum atomic E-state index is -1.04. The van der Waals surface area contributed by atoms with Crippen molar-refractivity contribution < 1.29 is 14.7 Å². The van der Waals surface area contributed by atoms with Crippen molar-refractivity contribution in [1.29, 1.82) is 0 Å². The highest BCUT2D eigenvalue weighted by Crippen LogP contribution is 2.49. The van der Waals surface area contributed by atoms with Gasteiger partial charge < -0.3 is 15.7 Å². The number of hydrogen-bond acceptors (Lipinski definition) is 3. The van der Waals surface area contributed by atoms with Crippen molar-refractivity contribution in [3.05, 3.63) is 29.3 Å². The molecule has 1 aromatic rings. The molecule has 3 N–H and O–H groups in total. The molecule has 0 aromatic heterocycles. The molecule has 0 saturated carbocycles. The standard InChI is InChI=1S/C18H24N2O3/c1-18(2)8-6-11-7-9-20(17(23)13(19)10-15(21)22)14-5-3-4-12(18)16(11)14/h3-5,11,13H,6-10,19H2,1-2H3,(H,21,22)/t11?,13-/m0/s1. The molecule has 1 aliphatic heterocycles. The first-order chi connectivity index (χ1) is 10.8. The Kier molecular flexibility index (Phi) is 3.92. The molecule has 5 heteroatoms. The molecule has 2 aliphatic rings. The van der Waals surface area contributed by atoms with E-state index in [0.717, 1.165) is 24.9 Å². The molecular formula is C18H24N2O3. The van der Waals surface area contributed by atoms with E-state index in [1.165, 1.54) is 11.1 Å². The Morgan fingerprint density at radius 1 is 1.39 bits per heavy atom. The van der Waals surface area contributed by atoms with Crippen LogP contribution in [-0.2, 0) is 15.0 Å². The van der Waals surface area contributed by atoms with Crippen LogP contribution in [0.2, 0.25) is 0 Å². The van der Waals surface area contributed by atoms with Gasteiger partial charge >= 0.3 is 5.97 Å². The zero-order chi connectivity index (χ0) is 16.8. The number of rotatable bonds is 3. The number of carbonyl (C=O) groups excluding carboxylic acids is 1. The van der Waals surface area contributed by atoms with Gasteiger partial charge in [-0.05, 0) is 47.8 Å². The third-order valence-corrected chi connectivity index (χ3v) is 5.31. The van der Waals surface area contributed by atoms with Gasteiger partial charge in [-0.3, -0.25) is 9.59 Å². The summed E-state index contributed by atoms with van der Waals surface area (Å²) in [6.07, 6.45) is 2.88. The highest BCUT2D eigenvalue weighted by atomic mass is 16.4. The predicted molar refractivity (Wildman–Crippen MR) is 88.6 cm³/mol. The average Bonchev–Trinajstić information content (AvgIpc) is 2.49. The van der Waals surface area contributed by atoms with Gasteiger partial charge in [0.2, 0.25) is 5.91 Å². The van der Waals surface area contributed by atoms with E-state index in [1.54, 1.807) is 4.90 Å². The Balaban J connectivity index is 1.99. The number of hydrogen-bond donors (Lipinski definition) is 2. The van der Waals surface area contributed by atoms with E-state index >= 15 is 0 Å². The predicted octanol–water partition coefficient (Wildman–Crippen LogP) is 2.38. The van der Waals surface area contributed by atoms with Crippen LogP contribution in [0.5, 0.6) is 0 Å². The first-order valence-electron chi connectivity index (χ1n) is 8.23. The maximum Gasteiger partial charge on any atom is 0.305 e. The van der Waals surface area contributed by atoms with E-state index in [2.05, 4.69) is 19.9 Å². The number of carboxylic acid groups (broad SMARTS) is 1. The summed E-state index contributed by atoms with van der Waals surface area (Å²) in [4.78, 5) is 25.2. The number of carboxylic acids is 1. The van der Waals surface area contributed by atoms with Crippen LogP contribution >= 0.6 is 0 Å². The number of anilines is 1. The summed E-state index contributed by atoms with van der Waals surface area (Å²) in [7, 11) is 0. The zero-order valence-corrected chi connectivity index (χ0v) is 13.7. The zero-order valence-electron chi connectivity index (χ0n) is 13.7. The van der Waals surface area contributed by atoms with Crippen molar-refractivity contribution in [3.8, 4) is 0 Å². The Bertz CT molecular complexity index is 654. The van der Waals surface area contributed by atoms with Crippen molar-refractivity contribution in [2.24, 2.45) is 5.73 Å². The highest BCUT2D eigenvalue weighted by molar-refractivity contribution is 6.00. The second-order valence-corrected chi connectivity index (χ2v) is 7.34. The molecule has 1 aromatic carbocycles. The fraction of sp³-hybridized carbons (Fsp3) is 0.556. The van der Waals surface area contributed by atoms with E-state index in [4.69, 9.17) is 10.8 Å². The lowest BCUT2D eigenvalue weighted by Crippen LogP contribution is -2.48. The molecular weight excluding hydrogens is 292 g/mol. The van der Waals surface area contributed by atoms with Crippen LogP contribution in [-0.4, -0.2) is 29.6 Å². The molecule has 0 radical (unpaired) electrons. The van der Waals surface area contributed by atoms with E-state index in [1.807, 2.05) is 12.1 Å². The Labute approximate surface area is 136 Å². The number of amides is 1. The van der Waals surface area contributed by atoms with Crippen molar-refractivity contribution in [3.63, 3.8) is 0 Å². The molecule has 2 atom stereocenters. The fourth-order valence-electron chi connectivity index (χ4n) is 4.02. The molecule has 1 aliphatic carbocycles. The maximum absolute atomic E-state index is 12.6. The monoisotopic (exact) mass is 316 g/mol. The quantitative estimate of drug-likeness (QED) is 0.897. The van der Waals surface area contributed by atoms with Gasteiger partial charge in [0.05, 0.1) is 12.5 Å². The van der Waals surface area contributed by atoms with Crippen molar-refractivity contribution in [1.82, 2.24) is 0 Å². The molecule has 5 nitrogen and oxygen atoms in total. The van der Waals surface area contributed by atoms with Crippen LogP contribution < -0.4 is 10.6 Å². The third-order valence-electron chi connectivity index (χ3n) is 5.31. The van der Waals surface area contributed by atoms with Crippen LogP contribution in [0.1, 0.15) is 56.6 Å². The summed E-state index contributed by atoms with van der Waals surface area (Å²) in [6, 6.07) is 5.14. The Morgan fingerprint density at radius 2 is 2.13 bits per heavy atom. The molecule has 0 spiro atoms. The van der Waals surface area contributed by atoms with Crippen LogP contribution in [0.15, 0.2) is 18.2 Å². The Hall–Kier alpha value is -1.88. The molecule has 1 heterocycles. The van der Waals surface area contributed by atoms with Crippen LogP contribution in [0.3, 0.4) is 0 Å². The smallest absolute Gasteiger partial charge is 0.305 e.